The van der Waals surface area contributed by atoms with Gasteiger partial charge in [0.1, 0.15) is 5.82 Å². The van der Waals surface area contributed by atoms with Gasteiger partial charge in [0.15, 0.2) is 5.03 Å². The first-order valence-electron chi connectivity index (χ1n) is 7.84. The molecule has 1 saturated heterocycles. The van der Waals surface area contributed by atoms with Gasteiger partial charge >= 0.3 is 0 Å². The van der Waals surface area contributed by atoms with E-state index in [2.05, 4.69) is 9.71 Å². The number of imidazole rings is 1. The standard InChI is InChI=1S/C14H25N5O3S.ClH/c1-11-17-13(10-18(11)2)23(21,22)16-7-6-14(20)19-8-4-3-5-12(19)9-15;/h10,12,16H,3-9,15H2,1-2H3;1H. The van der Waals surface area contributed by atoms with Crippen molar-refractivity contribution in [1.82, 2.24) is 19.2 Å². The minimum Gasteiger partial charge on any atom is -0.338 e. The van der Waals surface area contributed by atoms with Crippen LogP contribution in [0.25, 0.3) is 0 Å². The Bertz CT molecular complexity index is 642. The van der Waals surface area contributed by atoms with Gasteiger partial charge in [-0.05, 0) is 26.2 Å². The first-order valence-corrected chi connectivity index (χ1v) is 9.32. The van der Waals surface area contributed by atoms with E-state index in [0.717, 1.165) is 19.3 Å². The Kier molecular flexibility index (Phi) is 7.65. The first-order chi connectivity index (χ1) is 10.8. The average molecular weight is 380 g/mol. The van der Waals surface area contributed by atoms with Crippen LogP contribution in [0, 0.1) is 6.92 Å². The van der Waals surface area contributed by atoms with Crippen LogP contribution in [-0.2, 0) is 21.9 Å². The van der Waals surface area contributed by atoms with E-state index < -0.39 is 10.0 Å². The van der Waals surface area contributed by atoms with Gasteiger partial charge in [-0.25, -0.2) is 18.1 Å². The number of aromatic nitrogens is 2. The van der Waals surface area contributed by atoms with E-state index in [9.17, 15) is 13.2 Å². The lowest BCUT2D eigenvalue weighted by atomic mass is 10.0. The molecule has 1 atom stereocenters. The molecule has 3 N–H and O–H groups in total. The van der Waals surface area contributed by atoms with Crippen molar-refractivity contribution < 1.29 is 13.2 Å². The number of nitrogens with two attached hydrogens (primary N) is 1. The van der Waals surface area contributed by atoms with E-state index in [1.807, 2.05) is 0 Å². The summed E-state index contributed by atoms with van der Waals surface area (Å²) >= 11 is 0. The Morgan fingerprint density at radius 3 is 2.75 bits per heavy atom. The molecule has 10 heteroatoms. The van der Waals surface area contributed by atoms with Crippen LogP contribution >= 0.6 is 12.4 Å². The monoisotopic (exact) mass is 379 g/mol. The second-order valence-corrected chi connectivity index (χ2v) is 7.57. The molecular formula is C14H26ClN5O3S. The Hall–Kier alpha value is -1.16. The van der Waals surface area contributed by atoms with E-state index in [-0.39, 0.29) is 42.3 Å². The first kappa shape index (κ1) is 20.9. The zero-order chi connectivity index (χ0) is 17.0. The van der Waals surface area contributed by atoms with Crippen molar-refractivity contribution in [2.45, 2.75) is 43.7 Å². The molecular weight excluding hydrogens is 354 g/mol. The molecule has 1 amide bonds. The summed E-state index contributed by atoms with van der Waals surface area (Å²) in [7, 11) is -1.95. The lowest BCUT2D eigenvalue weighted by Gasteiger charge is -2.35. The third kappa shape index (κ3) is 4.92. The summed E-state index contributed by atoms with van der Waals surface area (Å²) in [6, 6.07) is 0.0753. The zero-order valence-electron chi connectivity index (χ0n) is 14.1. The number of carbonyl (C=O) groups excluding carboxylic acids is 1. The van der Waals surface area contributed by atoms with Gasteiger partial charge in [-0.15, -0.1) is 12.4 Å². The number of rotatable bonds is 6. The van der Waals surface area contributed by atoms with Crippen LogP contribution < -0.4 is 10.5 Å². The number of nitrogens with zero attached hydrogens (tertiary/aromatic N) is 3. The molecule has 0 spiro atoms. The Morgan fingerprint density at radius 1 is 1.46 bits per heavy atom. The molecule has 1 unspecified atom stereocenters. The van der Waals surface area contributed by atoms with Gasteiger partial charge in [0.25, 0.3) is 10.0 Å². The topological polar surface area (TPSA) is 110 Å². The van der Waals surface area contributed by atoms with E-state index in [1.165, 1.54) is 6.20 Å². The normalized spacial score (nSPS) is 18.3. The van der Waals surface area contributed by atoms with Crippen molar-refractivity contribution >= 4 is 28.3 Å². The molecule has 1 aliphatic heterocycles. The van der Waals surface area contributed by atoms with Crippen LogP contribution in [0.1, 0.15) is 31.5 Å². The van der Waals surface area contributed by atoms with Crippen molar-refractivity contribution in [3.05, 3.63) is 12.0 Å². The number of carbonyl (C=O) groups is 1. The third-order valence-corrected chi connectivity index (χ3v) is 5.54. The van der Waals surface area contributed by atoms with Gasteiger partial charge in [0.05, 0.1) is 0 Å². The smallest absolute Gasteiger partial charge is 0.259 e. The molecule has 2 heterocycles. The van der Waals surface area contributed by atoms with Gasteiger partial charge in [-0.3, -0.25) is 4.79 Å². The van der Waals surface area contributed by atoms with Gasteiger partial charge in [0, 0.05) is 45.3 Å². The molecule has 24 heavy (non-hydrogen) atoms. The molecule has 2 rings (SSSR count). The fourth-order valence-corrected chi connectivity index (χ4v) is 3.81. The maximum atomic E-state index is 12.3. The van der Waals surface area contributed by atoms with E-state index in [0.29, 0.717) is 18.9 Å². The SMILES string of the molecule is Cc1nc(S(=O)(=O)NCCC(=O)N2CCCCC2CN)cn1C.Cl. The minimum atomic E-state index is -3.68. The summed E-state index contributed by atoms with van der Waals surface area (Å²) in [5.74, 6) is 0.556. The molecule has 8 nitrogen and oxygen atoms in total. The molecule has 1 fully saturated rings. The highest BCUT2D eigenvalue weighted by Crippen LogP contribution is 2.17. The summed E-state index contributed by atoms with van der Waals surface area (Å²) in [5.41, 5.74) is 5.71. The highest BCUT2D eigenvalue weighted by molar-refractivity contribution is 7.89. The predicted molar refractivity (Wildman–Crippen MR) is 93.4 cm³/mol. The summed E-state index contributed by atoms with van der Waals surface area (Å²) in [6.45, 7) is 2.94. The van der Waals surface area contributed by atoms with Crippen molar-refractivity contribution in [3.8, 4) is 0 Å². The van der Waals surface area contributed by atoms with E-state index in [1.54, 1.807) is 23.4 Å². The Balaban J connectivity index is 0.00000288. The highest BCUT2D eigenvalue weighted by atomic mass is 35.5. The van der Waals surface area contributed by atoms with Crippen molar-refractivity contribution in [3.63, 3.8) is 0 Å². The van der Waals surface area contributed by atoms with Gasteiger partial charge in [-0.2, -0.15) is 0 Å². The summed E-state index contributed by atoms with van der Waals surface area (Å²) in [5, 5.41) is -0.0252. The third-order valence-electron chi connectivity index (χ3n) is 4.21. The Morgan fingerprint density at radius 2 is 2.17 bits per heavy atom. The number of nitrogens with one attached hydrogen (secondary N) is 1. The van der Waals surface area contributed by atoms with Gasteiger partial charge in [-0.1, -0.05) is 0 Å². The lowest BCUT2D eigenvalue weighted by Crippen LogP contribution is -2.48. The van der Waals surface area contributed by atoms with Crippen LogP contribution in [0.15, 0.2) is 11.2 Å². The molecule has 138 valence electrons. The van der Waals surface area contributed by atoms with Crippen molar-refractivity contribution in [2.75, 3.05) is 19.6 Å². The second-order valence-electron chi connectivity index (χ2n) is 5.86. The average Bonchev–Trinajstić information content (AvgIpc) is 2.87. The van der Waals surface area contributed by atoms with Crippen LogP contribution in [0.2, 0.25) is 0 Å². The largest absolute Gasteiger partial charge is 0.338 e. The second kappa shape index (κ2) is 8.80. The summed E-state index contributed by atoms with van der Waals surface area (Å²) < 4.78 is 28.4. The number of likely N-dealkylation sites (tertiary alicyclic amines) is 1. The Labute approximate surface area is 149 Å². The number of aryl methyl sites for hydroxylation is 2. The molecule has 0 aliphatic carbocycles. The van der Waals surface area contributed by atoms with Gasteiger partial charge in [0.2, 0.25) is 5.91 Å². The molecule has 0 saturated carbocycles. The van der Waals surface area contributed by atoms with Gasteiger partial charge < -0.3 is 15.2 Å². The molecule has 0 bridgehead atoms. The van der Waals surface area contributed by atoms with E-state index in [4.69, 9.17) is 5.73 Å². The summed E-state index contributed by atoms with van der Waals surface area (Å²) in [4.78, 5) is 18.0. The summed E-state index contributed by atoms with van der Waals surface area (Å²) in [6.07, 6.45) is 4.55. The van der Waals surface area contributed by atoms with Crippen LogP contribution in [0.3, 0.4) is 0 Å². The van der Waals surface area contributed by atoms with E-state index >= 15 is 0 Å². The quantitative estimate of drug-likeness (QED) is 0.731. The van der Waals surface area contributed by atoms with Crippen molar-refractivity contribution in [2.24, 2.45) is 12.8 Å². The van der Waals surface area contributed by atoms with Crippen LogP contribution in [0.4, 0.5) is 0 Å². The maximum Gasteiger partial charge on any atom is 0.259 e. The molecule has 1 aromatic heterocycles. The number of amides is 1. The zero-order valence-corrected chi connectivity index (χ0v) is 15.7. The number of piperidine rings is 1. The minimum absolute atomic E-state index is 0. The number of hydrogen-bond acceptors (Lipinski definition) is 5. The predicted octanol–water partition coefficient (Wildman–Crippen LogP) is 0.159. The number of halogens is 1. The molecule has 1 aliphatic rings. The fourth-order valence-electron chi connectivity index (χ4n) is 2.74. The van der Waals surface area contributed by atoms with Crippen LogP contribution in [-0.4, -0.2) is 54.5 Å². The molecule has 1 aromatic rings. The fraction of sp³-hybridized carbons (Fsp3) is 0.714. The number of sulfonamides is 1. The lowest BCUT2D eigenvalue weighted by molar-refractivity contribution is -0.134. The number of hydrogen-bond donors (Lipinski definition) is 2. The molecule has 0 radical (unpaired) electrons. The molecule has 0 aromatic carbocycles. The highest BCUT2D eigenvalue weighted by Gasteiger charge is 2.26. The van der Waals surface area contributed by atoms with Crippen molar-refractivity contribution in [1.29, 1.82) is 0 Å². The van der Waals surface area contributed by atoms with Crippen LogP contribution in [0.5, 0.6) is 0 Å². The maximum absolute atomic E-state index is 12.3.